The van der Waals surface area contributed by atoms with Crippen molar-refractivity contribution in [3.8, 4) is 0 Å². The molecular weight excluding hydrogens is 198 g/mol. The van der Waals surface area contributed by atoms with Crippen molar-refractivity contribution < 1.29 is 10.0 Å². The van der Waals surface area contributed by atoms with Crippen molar-refractivity contribution in [1.29, 1.82) is 0 Å². The van der Waals surface area contributed by atoms with Gasteiger partial charge in [0.05, 0.1) is 0 Å². The lowest BCUT2D eigenvalue weighted by Gasteiger charge is -2.09. The van der Waals surface area contributed by atoms with Crippen molar-refractivity contribution in [2.45, 2.75) is 25.7 Å². The van der Waals surface area contributed by atoms with E-state index in [9.17, 15) is 0 Å². The standard InChI is InChI=1S/C10H12BClO2/c1-6-9(11(13)14)4-8(5-10(6)12)7-2-3-7/h4-5,7,13-14H,2-3H2,1H3. The number of halogens is 1. The summed E-state index contributed by atoms with van der Waals surface area (Å²) >= 11 is 6.01. The molecule has 2 N–H and O–H groups in total. The van der Waals surface area contributed by atoms with Crippen LogP contribution in [0.25, 0.3) is 0 Å². The Morgan fingerprint density at radius 3 is 2.50 bits per heavy atom. The maximum Gasteiger partial charge on any atom is 0.488 e. The van der Waals surface area contributed by atoms with Gasteiger partial charge < -0.3 is 10.0 Å². The molecule has 0 radical (unpaired) electrons. The van der Waals surface area contributed by atoms with E-state index in [0.717, 1.165) is 11.1 Å². The van der Waals surface area contributed by atoms with E-state index in [2.05, 4.69) is 0 Å². The van der Waals surface area contributed by atoms with Gasteiger partial charge in [0, 0.05) is 5.02 Å². The molecular formula is C10H12BClO2. The Morgan fingerprint density at radius 2 is 2.00 bits per heavy atom. The molecule has 1 aliphatic rings. The van der Waals surface area contributed by atoms with Gasteiger partial charge in [-0.25, -0.2) is 0 Å². The van der Waals surface area contributed by atoms with Crippen molar-refractivity contribution in [3.05, 3.63) is 28.3 Å². The highest BCUT2D eigenvalue weighted by molar-refractivity contribution is 6.59. The molecule has 1 aromatic rings. The van der Waals surface area contributed by atoms with Crippen LogP contribution in [0.3, 0.4) is 0 Å². The van der Waals surface area contributed by atoms with Crippen LogP contribution in [0.5, 0.6) is 0 Å². The van der Waals surface area contributed by atoms with Gasteiger partial charge in [-0.2, -0.15) is 0 Å². The van der Waals surface area contributed by atoms with Gasteiger partial charge in [-0.05, 0) is 48.3 Å². The van der Waals surface area contributed by atoms with E-state index in [1.54, 1.807) is 6.92 Å². The molecule has 0 saturated heterocycles. The van der Waals surface area contributed by atoms with Crippen molar-refractivity contribution >= 4 is 24.2 Å². The molecule has 2 rings (SSSR count). The van der Waals surface area contributed by atoms with Crippen molar-refractivity contribution in [3.63, 3.8) is 0 Å². The summed E-state index contributed by atoms with van der Waals surface area (Å²) in [5.74, 6) is 0.575. The van der Waals surface area contributed by atoms with E-state index in [-0.39, 0.29) is 0 Å². The minimum absolute atomic E-state index is 0.527. The summed E-state index contributed by atoms with van der Waals surface area (Å²) in [4.78, 5) is 0. The molecule has 74 valence electrons. The summed E-state index contributed by atoms with van der Waals surface area (Å²) in [5.41, 5.74) is 2.41. The first-order valence-electron chi connectivity index (χ1n) is 4.75. The predicted molar refractivity (Wildman–Crippen MR) is 58.0 cm³/mol. The van der Waals surface area contributed by atoms with Gasteiger partial charge in [0.15, 0.2) is 0 Å². The Morgan fingerprint density at radius 1 is 1.36 bits per heavy atom. The van der Waals surface area contributed by atoms with E-state index < -0.39 is 7.12 Å². The molecule has 0 heterocycles. The Labute approximate surface area is 88.7 Å². The molecule has 14 heavy (non-hydrogen) atoms. The van der Waals surface area contributed by atoms with Crippen molar-refractivity contribution in [1.82, 2.24) is 0 Å². The summed E-state index contributed by atoms with van der Waals surface area (Å²) in [7, 11) is -1.42. The van der Waals surface area contributed by atoms with Crippen LogP contribution in [0, 0.1) is 6.92 Å². The van der Waals surface area contributed by atoms with Crippen LogP contribution in [0.2, 0.25) is 5.02 Å². The van der Waals surface area contributed by atoms with Crippen LogP contribution >= 0.6 is 11.6 Å². The second-order valence-corrected chi connectivity index (χ2v) is 4.27. The van der Waals surface area contributed by atoms with Gasteiger partial charge in [0.1, 0.15) is 0 Å². The fraction of sp³-hybridized carbons (Fsp3) is 0.400. The fourth-order valence-corrected chi connectivity index (χ4v) is 1.88. The van der Waals surface area contributed by atoms with E-state index in [0.29, 0.717) is 16.4 Å². The number of benzene rings is 1. The maximum absolute atomic E-state index is 9.15. The zero-order valence-electron chi connectivity index (χ0n) is 8.00. The van der Waals surface area contributed by atoms with Crippen LogP contribution in [-0.4, -0.2) is 17.2 Å². The minimum atomic E-state index is -1.42. The molecule has 2 nitrogen and oxygen atoms in total. The fourth-order valence-electron chi connectivity index (χ4n) is 1.64. The van der Waals surface area contributed by atoms with Crippen molar-refractivity contribution in [2.24, 2.45) is 0 Å². The molecule has 0 unspecified atom stereocenters. The average molecular weight is 210 g/mol. The summed E-state index contributed by atoms with van der Waals surface area (Å²) in [6.07, 6.45) is 2.36. The quantitative estimate of drug-likeness (QED) is 0.720. The van der Waals surface area contributed by atoms with E-state index >= 15 is 0 Å². The first-order chi connectivity index (χ1) is 6.59. The molecule has 0 bridgehead atoms. The molecule has 1 aliphatic carbocycles. The highest BCUT2D eigenvalue weighted by Crippen LogP contribution is 2.40. The van der Waals surface area contributed by atoms with Crippen LogP contribution < -0.4 is 5.46 Å². The third kappa shape index (κ3) is 1.80. The third-order valence-electron chi connectivity index (χ3n) is 2.73. The third-order valence-corrected chi connectivity index (χ3v) is 3.13. The zero-order chi connectivity index (χ0) is 10.3. The lowest BCUT2D eigenvalue weighted by atomic mass is 9.76. The molecule has 0 spiro atoms. The number of hydrogen-bond acceptors (Lipinski definition) is 2. The molecule has 0 atom stereocenters. The van der Waals surface area contributed by atoms with Gasteiger partial charge in [-0.15, -0.1) is 0 Å². The number of hydrogen-bond donors (Lipinski definition) is 2. The monoisotopic (exact) mass is 210 g/mol. The maximum atomic E-state index is 9.15. The second kappa shape index (κ2) is 3.57. The summed E-state index contributed by atoms with van der Waals surface area (Å²) < 4.78 is 0. The Balaban J connectivity index is 2.46. The Bertz CT molecular complexity index is 361. The predicted octanol–water partition coefficient (Wildman–Crippen LogP) is 1.21. The highest BCUT2D eigenvalue weighted by Gasteiger charge is 2.26. The normalized spacial score (nSPS) is 15.7. The first-order valence-corrected chi connectivity index (χ1v) is 5.13. The first kappa shape index (κ1) is 10.0. The molecule has 4 heteroatoms. The van der Waals surface area contributed by atoms with Crippen LogP contribution in [0.1, 0.15) is 29.9 Å². The van der Waals surface area contributed by atoms with Gasteiger partial charge in [-0.1, -0.05) is 17.7 Å². The van der Waals surface area contributed by atoms with Gasteiger partial charge in [-0.3, -0.25) is 0 Å². The van der Waals surface area contributed by atoms with Crippen molar-refractivity contribution in [2.75, 3.05) is 0 Å². The molecule has 0 aromatic heterocycles. The van der Waals surface area contributed by atoms with Crippen LogP contribution in [0.4, 0.5) is 0 Å². The molecule has 1 fully saturated rings. The summed E-state index contributed by atoms with van der Waals surface area (Å²) in [6, 6.07) is 3.78. The topological polar surface area (TPSA) is 40.5 Å². The van der Waals surface area contributed by atoms with E-state index in [1.807, 2.05) is 12.1 Å². The molecule has 0 aliphatic heterocycles. The van der Waals surface area contributed by atoms with Gasteiger partial charge >= 0.3 is 7.12 Å². The number of rotatable bonds is 2. The lowest BCUT2D eigenvalue weighted by molar-refractivity contribution is 0.425. The zero-order valence-corrected chi connectivity index (χ0v) is 8.75. The van der Waals surface area contributed by atoms with E-state index in [1.165, 1.54) is 12.8 Å². The van der Waals surface area contributed by atoms with Crippen LogP contribution in [0.15, 0.2) is 12.1 Å². The lowest BCUT2D eigenvalue weighted by Crippen LogP contribution is -2.32. The SMILES string of the molecule is Cc1c(Cl)cc(C2CC2)cc1B(O)O. The Kier molecular flexibility index (Phi) is 2.56. The molecule has 1 aromatic carbocycles. The summed E-state index contributed by atoms with van der Waals surface area (Å²) in [6.45, 7) is 1.80. The van der Waals surface area contributed by atoms with E-state index in [4.69, 9.17) is 21.6 Å². The molecule has 0 amide bonds. The van der Waals surface area contributed by atoms with Gasteiger partial charge in [0.2, 0.25) is 0 Å². The van der Waals surface area contributed by atoms with Gasteiger partial charge in [0.25, 0.3) is 0 Å². The largest absolute Gasteiger partial charge is 0.488 e. The van der Waals surface area contributed by atoms with Crippen LogP contribution in [-0.2, 0) is 0 Å². The Hall–Kier alpha value is -0.505. The average Bonchev–Trinajstić information content (AvgIpc) is 2.91. The summed E-state index contributed by atoms with van der Waals surface area (Å²) in [5, 5.41) is 18.9. The smallest absolute Gasteiger partial charge is 0.423 e. The molecule has 1 saturated carbocycles. The minimum Gasteiger partial charge on any atom is -0.423 e. The second-order valence-electron chi connectivity index (χ2n) is 3.86. The highest BCUT2D eigenvalue weighted by atomic mass is 35.5.